The summed E-state index contributed by atoms with van der Waals surface area (Å²) in [5.41, 5.74) is 13.8. The van der Waals surface area contributed by atoms with Crippen LogP contribution in [0.3, 0.4) is 0 Å². The third-order valence-electron chi connectivity index (χ3n) is 6.12. The van der Waals surface area contributed by atoms with Crippen LogP contribution >= 0.6 is 0 Å². The summed E-state index contributed by atoms with van der Waals surface area (Å²) < 4.78 is 0. The summed E-state index contributed by atoms with van der Waals surface area (Å²) in [6, 6.07) is 20.7. The fraction of sp³-hybridized carbons (Fsp3) is 0.167. The van der Waals surface area contributed by atoms with Crippen molar-refractivity contribution in [3.05, 3.63) is 111 Å². The lowest BCUT2D eigenvalue weighted by Crippen LogP contribution is -2.23. The van der Waals surface area contributed by atoms with Crippen molar-refractivity contribution < 1.29 is 0 Å². The molecule has 114 valence electrons. The third-order valence-corrected chi connectivity index (χ3v) is 6.12. The molecule has 3 aromatic rings. The van der Waals surface area contributed by atoms with Crippen LogP contribution in [-0.2, 0) is 19.3 Å². The number of allylic oxidation sites excluding steroid dienone is 1. The van der Waals surface area contributed by atoms with Gasteiger partial charge in [-0.15, -0.1) is 0 Å². The molecule has 0 radical (unpaired) electrons. The average Bonchev–Trinajstić information content (AvgIpc) is 3.11. The van der Waals surface area contributed by atoms with Crippen LogP contribution in [-0.4, -0.2) is 0 Å². The molecule has 0 heteroatoms. The van der Waals surface area contributed by atoms with Crippen LogP contribution in [0.2, 0.25) is 0 Å². The van der Waals surface area contributed by atoms with Gasteiger partial charge in [0.05, 0.1) is 0 Å². The fourth-order valence-electron chi connectivity index (χ4n) is 5.11. The van der Waals surface area contributed by atoms with Gasteiger partial charge >= 0.3 is 0 Å². The molecule has 0 aliphatic heterocycles. The lowest BCUT2D eigenvalue weighted by atomic mass is 9.67. The summed E-state index contributed by atoms with van der Waals surface area (Å²) in [4.78, 5) is 0. The predicted octanol–water partition coefficient (Wildman–Crippen LogP) is 5.24. The maximum absolute atomic E-state index is 2.40. The van der Waals surface area contributed by atoms with E-state index in [4.69, 9.17) is 0 Å². The van der Waals surface area contributed by atoms with Gasteiger partial charge in [-0.2, -0.15) is 0 Å². The Balaban J connectivity index is 1.70. The fourth-order valence-corrected chi connectivity index (χ4v) is 5.11. The van der Waals surface area contributed by atoms with Crippen molar-refractivity contribution in [1.29, 1.82) is 0 Å². The van der Waals surface area contributed by atoms with Crippen LogP contribution in [0.25, 0.3) is 6.08 Å². The van der Waals surface area contributed by atoms with Crippen molar-refractivity contribution in [3.63, 3.8) is 0 Å². The summed E-state index contributed by atoms with van der Waals surface area (Å²) in [5.74, 6) is 0.427. The Morgan fingerprint density at radius 2 is 1.50 bits per heavy atom. The van der Waals surface area contributed by atoms with E-state index >= 15 is 0 Å². The van der Waals surface area contributed by atoms with Crippen molar-refractivity contribution in [1.82, 2.24) is 0 Å². The van der Waals surface area contributed by atoms with Crippen molar-refractivity contribution in [2.45, 2.75) is 25.2 Å². The Morgan fingerprint density at radius 3 is 2.46 bits per heavy atom. The monoisotopic (exact) mass is 306 g/mol. The SMILES string of the molecule is C1=Cc2ccc3c(c2C1)Cc1cccc2c1C3c1ccccc1C2. The summed E-state index contributed by atoms with van der Waals surface area (Å²) in [5, 5.41) is 0. The van der Waals surface area contributed by atoms with Crippen LogP contribution in [0.15, 0.2) is 60.7 Å². The van der Waals surface area contributed by atoms with Gasteiger partial charge in [-0.3, -0.25) is 0 Å². The minimum atomic E-state index is 0.427. The van der Waals surface area contributed by atoms with Crippen LogP contribution in [0.1, 0.15) is 56.0 Å². The van der Waals surface area contributed by atoms with Crippen molar-refractivity contribution >= 4 is 6.08 Å². The number of benzene rings is 3. The average molecular weight is 306 g/mol. The predicted molar refractivity (Wildman–Crippen MR) is 98.6 cm³/mol. The molecule has 0 fully saturated rings. The lowest BCUT2D eigenvalue weighted by Gasteiger charge is -2.36. The number of hydrogen-bond donors (Lipinski definition) is 0. The summed E-state index contributed by atoms with van der Waals surface area (Å²) in [6.45, 7) is 0. The molecule has 24 heavy (non-hydrogen) atoms. The van der Waals surface area contributed by atoms with Crippen LogP contribution in [0, 0.1) is 0 Å². The highest BCUT2D eigenvalue weighted by Gasteiger charge is 2.34. The molecule has 6 rings (SSSR count). The summed E-state index contributed by atoms with van der Waals surface area (Å²) >= 11 is 0. The van der Waals surface area contributed by atoms with E-state index in [0.717, 1.165) is 19.3 Å². The van der Waals surface area contributed by atoms with Gasteiger partial charge in [0.15, 0.2) is 0 Å². The zero-order chi connectivity index (χ0) is 15.7. The highest BCUT2D eigenvalue weighted by atomic mass is 14.4. The third kappa shape index (κ3) is 1.54. The highest BCUT2D eigenvalue weighted by molar-refractivity contribution is 5.69. The Labute approximate surface area is 142 Å². The van der Waals surface area contributed by atoms with Crippen molar-refractivity contribution in [2.24, 2.45) is 0 Å². The van der Waals surface area contributed by atoms with Gasteiger partial charge in [-0.05, 0) is 69.3 Å². The normalized spacial score (nSPS) is 18.6. The largest absolute Gasteiger partial charge is 0.0795 e. The molecule has 0 spiro atoms. The van der Waals surface area contributed by atoms with E-state index in [-0.39, 0.29) is 0 Å². The van der Waals surface area contributed by atoms with Gasteiger partial charge in [-0.1, -0.05) is 66.7 Å². The highest BCUT2D eigenvalue weighted by Crippen LogP contribution is 2.48. The number of rotatable bonds is 0. The first-order chi connectivity index (χ1) is 11.9. The van der Waals surface area contributed by atoms with Crippen LogP contribution in [0.4, 0.5) is 0 Å². The molecule has 1 atom stereocenters. The summed E-state index contributed by atoms with van der Waals surface area (Å²) in [7, 11) is 0. The summed E-state index contributed by atoms with van der Waals surface area (Å²) in [6.07, 6.45) is 7.88. The van der Waals surface area contributed by atoms with Gasteiger partial charge in [0.2, 0.25) is 0 Å². The van der Waals surface area contributed by atoms with Gasteiger partial charge in [-0.25, -0.2) is 0 Å². The minimum Gasteiger partial charge on any atom is -0.0795 e. The second kappa shape index (κ2) is 4.48. The van der Waals surface area contributed by atoms with Crippen molar-refractivity contribution in [3.8, 4) is 0 Å². The van der Waals surface area contributed by atoms with E-state index in [1.54, 1.807) is 27.8 Å². The second-order valence-electron chi connectivity index (χ2n) is 7.28. The van der Waals surface area contributed by atoms with E-state index in [2.05, 4.69) is 66.7 Å². The van der Waals surface area contributed by atoms with Gasteiger partial charge in [0.25, 0.3) is 0 Å². The topological polar surface area (TPSA) is 0 Å². The molecule has 0 bridgehead atoms. The van der Waals surface area contributed by atoms with E-state index in [9.17, 15) is 0 Å². The first-order valence-electron chi connectivity index (χ1n) is 8.90. The number of fused-ring (bicyclic) bond motifs is 6. The van der Waals surface area contributed by atoms with E-state index in [1.807, 2.05) is 0 Å². The zero-order valence-corrected chi connectivity index (χ0v) is 13.5. The van der Waals surface area contributed by atoms with Gasteiger partial charge in [0, 0.05) is 5.92 Å². The van der Waals surface area contributed by atoms with E-state index in [1.165, 1.54) is 22.3 Å². The van der Waals surface area contributed by atoms with Crippen LogP contribution in [0.5, 0.6) is 0 Å². The molecule has 0 nitrogen and oxygen atoms in total. The van der Waals surface area contributed by atoms with E-state index in [0.29, 0.717) is 5.92 Å². The van der Waals surface area contributed by atoms with Crippen LogP contribution < -0.4 is 0 Å². The molecule has 0 heterocycles. The quantitative estimate of drug-likeness (QED) is 0.367. The Bertz CT molecular complexity index is 1040. The first-order valence-corrected chi connectivity index (χ1v) is 8.90. The molecule has 0 saturated carbocycles. The Morgan fingerprint density at radius 1 is 0.667 bits per heavy atom. The molecular weight excluding hydrogens is 288 g/mol. The number of hydrogen-bond acceptors (Lipinski definition) is 0. The van der Waals surface area contributed by atoms with Crippen molar-refractivity contribution in [2.75, 3.05) is 0 Å². The molecular formula is C24H18. The second-order valence-corrected chi connectivity index (χ2v) is 7.28. The molecule has 0 amide bonds. The maximum Gasteiger partial charge on any atom is 0.0351 e. The standard InChI is InChI=1S/C24H18/c1-2-9-20-16(5-1)13-17-7-3-8-18-14-22-19-10-4-6-15(19)11-12-21(22)24(20)23(17)18/h1-9,11-12,24H,10,13-14H2. The van der Waals surface area contributed by atoms with Gasteiger partial charge in [0.1, 0.15) is 0 Å². The molecule has 3 aliphatic carbocycles. The maximum atomic E-state index is 2.40. The van der Waals surface area contributed by atoms with Gasteiger partial charge < -0.3 is 0 Å². The molecule has 3 aliphatic rings. The smallest absolute Gasteiger partial charge is 0.0351 e. The molecule has 0 saturated heterocycles. The molecule has 3 aromatic carbocycles. The molecule has 0 N–H and O–H groups in total. The lowest BCUT2D eigenvalue weighted by molar-refractivity contribution is 0.818. The molecule has 1 unspecified atom stereocenters. The Hall–Kier alpha value is -2.60. The minimum absolute atomic E-state index is 0.427. The first kappa shape index (κ1) is 12.8. The zero-order valence-electron chi connectivity index (χ0n) is 13.5. The molecule has 0 aromatic heterocycles. The Kier molecular flexibility index (Phi) is 2.38. The van der Waals surface area contributed by atoms with E-state index < -0.39 is 0 Å².